The normalized spacial score (nSPS) is 12.9. The van der Waals surface area contributed by atoms with Gasteiger partial charge >= 0.3 is 5.97 Å². The van der Waals surface area contributed by atoms with Gasteiger partial charge in [-0.25, -0.2) is 4.79 Å². The summed E-state index contributed by atoms with van der Waals surface area (Å²) >= 11 is 15.9. The van der Waals surface area contributed by atoms with Crippen LogP contribution in [0.25, 0.3) is 0 Å². The second-order valence-electron chi connectivity index (χ2n) is 1.62. The minimum Gasteiger partial charge on any atom is -0.466 e. The molecule has 0 aromatic carbocycles. The second-order valence-corrected chi connectivity index (χ2v) is 3.90. The lowest BCUT2D eigenvalue weighted by atomic mass is 10.4. The van der Waals surface area contributed by atoms with Gasteiger partial charge in [0.05, 0.1) is 12.8 Å². The van der Waals surface area contributed by atoms with E-state index in [0.717, 1.165) is 6.08 Å². The zero-order chi connectivity index (χ0) is 9.07. The third kappa shape index (κ3) is 4.35. The molecule has 0 saturated carbocycles. The lowest BCUT2D eigenvalue weighted by Gasteiger charge is -2.09. The Morgan fingerprint density at radius 1 is 1.55 bits per heavy atom. The van der Waals surface area contributed by atoms with Crippen LogP contribution in [0.2, 0.25) is 0 Å². The smallest absolute Gasteiger partial charge is 0.332 e. The van der Waals surface area contributed by atoms with Crippen molar-refractivity contribution in [1.82, 2.24) is 0 Å². The van der Waals surface area contributed by atoms with Crippen molar-refractivity contribution in [2.75, 3.05) is 7.11 Å². The molecule has 0 bridgehead atoms. The van der Waals surface area contributed by atoms with Crippen molar-refractivity contribution < 1.29 is 9.53 Å². The molecule has 0 spiro atoms. The average molecular weight is 218 g/mol. The molecule has 0 aromatic rings. The van der Waals surface area contributed by atoms with Crippen molar-refractivity contribution in [3.63, 3.8) is 0 Å². The number of ether oxygens (including phenoxy) is 1. The van der Waals surface area contributed by atoms with E-state index in [0.29, 0.717) is 0 Å². The zero-order valence-corrected chi connectivity index (χ0v) is 7.87. The first-order chi connectivity index (χ1) is 4.88. The van der Waals surface area contributed by atoms with Gasteiger partial charge in [-0.1, -0.05) is 34.8 Å². The number of allylic oxidation sites excluding steroid dienone is 1. The van der Waals surface area contributed by atoms with Crippen LogP contribution < -0.4 is 5.73 Å². The molecule has 0 aromatic heterocycles. The molecule has 0 atom stereocenters. The van der Waals surface area contributed by atoms with Crippen LogP contribution in [0.4, 0.5) is 0 Å². The largest absolute Gasteiger partial charge is 0.466 e. The molecule has 0 saturated heterocycles. The summed E-state index contributed by atoms with van der Waals surface area (Å²) in [6, 6.07) is 0. The van der Waals surface area contributed by atoms with Crippen LogP contribution in [0.3, 0.4) is 0 Å². The summed E-state index contributed by atoms with van der Waals surface area (Å²) in [5.74, 6) is -0.658. The number of hydrogen-bond acceptors (Lipinski definition) is 3. The fraction of sp³-hybridized carbons (Fsp3) is 0.400. The third-order valence-electron chi connectivity index (χ3n) is 0.802. The Labute approximate surface area is 79.0 Å². The third-order valence-corrected chi connectivity index (χ3v) is 1.46. The molecule has 0 aliphatic heterocycles. The molecule has 0 rings (SSSR count). The Balaban J connectivity index is 4.35. The Morgan fingerprint density at radius 3 is 2.27 bits per heavy atom. The maximum atomic E-state index is 10.5. The van der Waals surface area contributed by atoms with Gasteiger partial charge in [-0.3, -0.25) is 0 Å². The molecule has 0 heterocycles. The van der Waals surface area contributed by atoms with E-state index in [1.54, 1.807) is 0 Å². The fourth-order valence-corrected chi connectivity index (χ4v) is 0.431. The molecule has 0 aliphatic rings. The lowest BCUT2D eigenvalue weighted by molar-refractivity contribution is -0.134. The van der Waals surface area contributed by atoms with Gasteiger partial charge in [0, 0.05) is 6.08 Å². The number of methoxy groups -OCH3 is 1. The van der Waals surface area contributed by atoms with Crippen molar-refractivity contribution in [3.8, 4) is 0 Å². The molecular weight excluding hydrogens is 212 g/mol. The first-order valence-electron chi connectivity index (χ1n) is 2.50. The first-order valence-corrected chi connectivity index (χ1v) is 3.63. The van der Waals surface area contributed by atoms with Crippen LogP contribution in [0, 0.1) is 0 Å². The number of esters is 1. The van der Waals surface area contributed by atoms with E-state index in [4.69, 9.17) is 40.5 Å². The first kappa shape index (κ1) is 10.9. The van der Waals surface area contributed by atoms with Crippen molar-refractivity contribution in [2.24, 2.45) is 5.73 Å². The quantitative estimate of drug-likeness (QED) is 0.411. The Kier molecular flexibility index (Phi) is 4.00. The Hall–Kier alpha value is -0.120. The van der Waals surface area contributed by atoms with Crippen LogP contribution in [0.1, 0.15) is 0 Å². The van der Waals surface area contributed by atoms with Crippen molar-refractivity contribution in [1.29, 1.82) is 0 Å². The molecule has 64 valence electrons. The van der Waals surface area contributed by atoms with Crippen LogP contribution in [-0.4, -0.2) is 16.9 Å². The summed E-state index contributed by atoms with van der Waals surface area (Å²) in [6.45, 7) is 0. The van der Waals surface area contributed by atoms with Gasteiger partial charge in [-0.05, 0) is 0 Å². The fourth-order valence-electron chi connectivity index (χ4n) is 0.268. The molecule has 0 radical (unpaired) electrons. The monoisotopic (exact) mass is 217 g/mol. The molecule has 11 heavy (non-hydrogen) atoms. The van der Waals surface area contributed by atoms with E-state index in [1.165, 1.54) is 7.11 Å². The van der Waals surface area contributed by atoms with E-state index in [2.05, 4.69) is 4.74 Å². The number of carbonyl (C=O) groups is 1. The Bertz CT molecular complexity index is 185. The van der Waals surface area contributed by atoms with E-state index in [1.807, 2.05) is 0 Å². The summed E-state index contributed by atoms with van der Waals surface area (Å²) in [5, 5.41) is 0. The van der Waals surface area contributed by atoms with Gasteiger partial charge in [0.25, 0.3) is 0 Å². The van der Waals surface area contributed by atoms with Gasteiger partial charge in [-0.2, -0.15) is 0 Å². The predicted octanol–water partition coefficient (Wildman–Crippen LogP) is 1.37. The van der Waals surface area contributed by atoms with Crippen molar-refractivity contribution in [3.05, 3.63) is 11.8 Å². The molecule has 0 fully saturated rings. The van der Waals surface area contributed by atoms with Gasteiger partial charge in [0.15, 0.2) is 0 Å². The molecule has 0 amide bonds. The van der Waals surface area contributed by atoms with E-state index < -0.39 is 9.76 Å². The number of rotatable bonds is 1. The summed E-state index contributed by atoms with van der Waals surface area (Å²) in [4.78, 5) is 10.5. The van der Waals surface area contributed by atoms with Crippen LogP contribution in [0.5, 0.6) is 0 Å². The van der Waals surface area contributed by atoms with Crippen LogP contribution in [-0.2, 0) is 9.53 Å². The number of nitrogens with two attached hydrogens (primary N) is 1. The minimum atomic E-state index is -1.76. The predicted molar refractivity (Wildman–Crippen MR) is 44.6 cm³/mol. The van der Waals surface area contributed by atoms with Gasteiger partial charge in [0.1, 0.15) is 0 Å². The molecule has 3 nitrogen and oxygen atoms in total. The van der Waals surface area contributed by atoms with Gasteiger partial charge in [0.2, 0.25) is 3.79 Å². The maximum absolute atomic E-state index is 10.5. The summed E-state index contributed by atoms with van der Waals surface area (Å²) in [5.41, 5.74) is 5.02. The van der Waals surface area contributed by atoms with Crippen LogP contribution in [0.15, 0.2) is 11.8 Å². The maximum Gasteiger partial charge on any atom is 0.332 e. The highest BCUT2D eigenvalue weighted by molar-refractivity contribution is 6.69. The highest BCUT2D eigenvalue weighted by Gasteiger charge is 2.24. The average Bonchev–Trinajstić information content (AvgIpc) is 1.85. The van der Waals surface area contributed by atoms with Crippen LogP contribution >= 0.6 is 34.8 Å². The topological polar surface area (TPSA) is 52.3 Å². The molecule has 0 unspecified atom stereocenters. The number of hydrogen-bond donors (Lipinski definition) is 1. The van der Waals surface area contributed by atoms with Crippen molar-refractivity contribution in [2.45, 2.75) is 3.79 Å². The summed E-state index contributed by atoms with van der Waals surface area (Å²) in [7, 11) is 1.20. The molecule has 0 aliphatic carbocycles. The lowest BCUT2D eigenvalue weighted by Crippen LogP contribution is -2.17. The van der Waals surface area contributed by atoms with E-state index >= 15 is 0 Å². The number of carbonyl (C=O) groups excluding carboxylic acids is 1. The minimum absolute atomic E-state index is 0.172. The standard InChI is InChI=1S/C5H6Cl3NO2/c1-11-4(10)2-3(9)5(6,7)8/h2H,9H2,1H3. The van der Waals surface area contributed by atoms with E-state index in [-0.39, 0.29) is 5.70 Å². The highest BCUT2D eigenvalue weighted by Crippen LogP contribution is 2.31. The zero-order valence-electron chi connectivity index (χ0n) is 5.61. The molecule has 2 N–H and O–H groups in total. The number of halogens is 3. The second kappa shape index (κ2) is 4.04. The van der Waals surface area contributed by atoms with Gasteiger partial charge < -0.3 is 10.5 Å². The SMILES string of the molecule is COC(=O)C=C(N)C(Cl)(Cl)Cl. The number of alkyl halides is 3. The molecular formula is C5H6Cl3NO2. The van der Waals surface area contributed by atoms with Gasteiger partial charge in [-0.15, -0.1) is 0 Å². The van der Waals surface area contributed by atoms with Crippen molar-refractivity contribution >= 4 is 40.8 Å². The highest BCUT2D eigenvalue weighted by atomic mass is 35.6. The summed E-state index contributed by atoms with van der Waals surface area (Å²) < 4.78 is 2.49. The Morgan fingerprint density at radius 2 is 2.00 bits per heavy atom. The molecule has 6 heteroatoms. The van der Waals surface area contributed by atoms with E-state index in [9.17, 15) is 4.79 Å². The summed E-state index contributed by atoms with van der Waals surface area (Å²) in [6.07, 6.45) is 0.910.